The Morgan fingerprint density at radius 3 is 2.83 bits per heavy atom. The molecule has 0 bridgehead atoms. The highest BCUT2D eigenvalue weighted by Crippen LogP contribution is 2.20. The van der Waals surface area contributed by atoms with Crippen LogP contribution < -0.4 is 5.56 Å². The molecule has 0 saturated heterocycles. The van der Waals surface area contributed by atoms with Crippen LogP contribution in [0.1, 0.15) is 16.8 Å². The fourth-order valence-electron chi connectivity index (χ4n) is 2.25. The standard InChI is InChI=1S/C13H12ClN3O/c14-13-15-11-8-17(7-10(11)12(18)16-13)6-9-4-2-1-3-5-9/h1-5H,6-8H2,(H,15,16,18). The molecule has 3 rings (SSSR count). The number of fused-ring (bicyclic) bond motifs is 1. The quantitative estimate of drug-likeness (QED) is 0.841. The fourth-order valence-corrected chi connectivity index (χ4v) is 2.44. The average molecular weight is 262 g/mol. The number of aromatic nitrogens is 2. The first-order valence-corrected chi connectivity index (χ1v) is 6.14. The van der Waals surface area contributed by atoms with Gasteiger partial charge < -0.3 is 0 Å². The molecule has 4 nitrogen and oxygen atoms in total. The van der Waals surface area contributed by atoms with Crippen LogP contribution in [0.4, 0.5) is 0 Å². The summed E-state index contributed by atoms with van der Waals surface area (Å²) in [7, 11) is 0. The summed E-state index contributed by atoms with van der Waals surface area (Å²) in [4.78, 5) is 20.6. The van der Waals surface area contributed by atoms with Crippen LogP contribution in [0.15, 0.2) is 35.1 Å². The van der Waals surface area contributed by atoms with Crippen LogP contribution in [0.3, 0.4) is 0 Å². The molecule has 0 radical (unpaired) electrons. The Hall–Kier alpha value is -1.65. The topological polar surface area (TPSA) is 49.0 Å². The smallest absolute Gasteiger partial charge is 0.256 e. The van der Waals surface area contributed by atoms with Crippen molar-refractivity contribution < 1.29 is 0 Å². The summed E-state index contributed by atoms with van der Waals surface area (Å²) in [6.07, 6.45) is 0. The second-order valence-corrected chi connectivity index (χ2v) is 4.77. The minimum atomic E-state index is -0.124. The summed E-state index contributed by atoms with van der Waals surface area (Å²) in [6, 6.07) is 10.2. The van der Waals surface area contributed by atoms with Crippen molar-refractivity contribution in [2.45, 2.75) is 19.6 Å². The zero-order valence-electron chi connectivity index (χ0n) is 9.69. The van der Waals surface area contributed by atoms with E-state index in [1.807, 2.05) is 18.2 Å². The molecule has 0 fully saturated rings. The van der Waals surface area contributed by atoms with E-state index in [9.17, 15) is 4.79 Å². The van der Waals surface area contributed by atoms with E-state index in [2.05, 4.69) is 27.0 Å². The van der Waals surface area contributed by atoms with Gasteiger partial charge in [-0.25, -0.2) is 4.98 Å². The molecular formula is C13H12ClN3O. The van der Waals surface area contributed by atoms with Gasteiger partial charge in [0.1, 0.15) is 0 Å². The summed E-state index contributed by atoms with van der Waals surface area (Å²) in [6.45, 7) is 2.12. The van der Waals surface area contributed by atoms with Gasteiger partial charge in [-0.3, -0.25) is 14.7 Å². The molecule has 2 aromatic rings. The van der Waals surface area contributed by atoms with Gasteiger partial charge >= 0.3 is 0 Å². The van der Waals surface area contributed by atoms with Gasteiger partial charge in [0.05, 0.1) is 11.3 Å². The lowest BCUT2D eigenvalue weighted by Gasteiger charge is -2.13. The molecule has 1 N–H and O–H groups in total. The largest absolute Gasteiger partial charge is 0.297 e. The third kappa shape index (κ3) is 2.17. The number of benzene rings is 1. The van der Waals surface area contributed by atoms with E-state index in [1.165, 1.54) is 5.56 Å². The molecule has 0 atom stereocenters. The Morgan fingerprint density at radius 1 is 1.28 bits per heavy atom. The lowest BCUT2D eigenvalue weighted by atomic mass is 10.2. The van der Waals surface area contributed by atoms with Crippen LogP contribution in [0, 0.1) is 0 Å². The number of hydrogen-bond donors (Lipinski definition) is 1. The van der Waals surface area contributed by atoms with Crippen molar-refractivity contribution in [3.8, 4) is 0 Å². The third-order valence-electron chi connectivity index (χ3n) is 3.08. The van der Waals surface area contributed by atoms with E-state index < -0.39 is 0 Å². The maximum Gasteiger partial charge on any atom is 0.256 e. The third-order valence-corrected chi connectivity index (χ3v) is 3.26. The van der Waals surface area contributed by atoms with Crippen LogP contribution in [0.2, 0.25) is 5.28 Å². The Labute approximate surface area is 109 Å². The van der Waals surface area contributed by atoms with Crippen molar-refractivity contribution in [1.82, 2.24) is 14.9 Å². The molecule has 5 heteroatoms. The minimum absolute atomic E-state index is 0.124. The molecule has 18 heavy (non-hydrogen) atoms. The van der Waals surface area contributed by atoms with E-state index in [0.29, 0.717) is 13.1 Å². The van der Waals surface area contributed by atoms with Crippen LogP contribution in [0.5, 0.6) is 0 Å². The Bertz CT molecular complexity index is 624. The molecule has 2 heterocycles. The van der Waals surface area contributed by atoms with E-state index in [4.69, 9.17) is 11.6 Å². The molecule has 0 spiro atoms. The molecule has 1 aliphatic heterocycles. The van der Waals surface area contributed by atoms with Crippen molar-refractivity contribution in [3.05, 3.63) is 62.8 Å². The van der Waals surface area contributed by atoms with Gasteiger partial charge in [0.15, 0.2) is 0 Å². The summed E-state index contributed by atoms with van der Waals surface area (Å²) in [5.74, 6) is 0. The number of aromatic amines is 1. The SMILES string of the molecule is O=c1[nH]c(Cl)nc2c1CN(Cc1ccccc1)C2. The Balaban J connectivity index is 1.81. The summed E-state index contributed by atoms with van der Waals surface area (Å²) < 4.78 is 0. The number of halogens is 1. The molecule has 1 aromatic carbocycles. The number of nitrogens with zero attached hydrogens (tertiary/aromatic N) is 2. The second-order valence-electron chi connectivity index (χ2n) is 4.41. The first-order valence-electron chi connectivity index (χ1n) is 5.76. The molecule has 1 aliphatic rings. The minimum Gasteiger partial charge on any atom is -0.297 e. The van der Waals surface area contributed by atoms with E-state index in [0.717, 1.165) is 17.8 Å². The molecule has 0 saturated carbocycles. The van der Waals surface area contributed by atoms with Gasteiger partial charge in [-0.15, -0.1) is 0 Å². The summed E-state index contributed by atoms with van der Waals surface area (Å²) in [5.41, 5.74) is 2.63. The molecule has 0 amide bonds. The second kappa shape index (κ2) is 4.55. The Morgan fingerprint density at radius 2 is 2.06 bits per heavy atom. The predicted octanol–water partition coefficient (Wildman–Crippen LogP) is 1.94. The van der Waals surface area contributed by atoms with Crippen LogP contribution in [0.25, 0.3) is 0 Å². The van der Waals surface area contributed by atoms with Crippen molar-refractivity contribution in [2.75, 3.05) is 0 Å². The molecule has 1 aromatic heterocycles. The van der Waals surface area contributed by atoms with Crippen molar-refractivity contribution in [2.24, 2.45) is 0 Å². The maximum absolute atomic E-state index is 11.7. The van der Waals surface area contributed by atoms with Gasteiger partial charge in [0.25, 0.3) is 5.56 Å². The highest BCUT2D eigenvalue weighted by atomic mass is 35.5. The number of H-pyrrole nitrogens is 1. The molecule has 92 valence electrons. The van der Waals surface area contributed by atoms with Crippen LogP contribution in [-0.4, -0.2) is 14.9 Å². The van der Waals surface area contributed by atoms with E-state index in [-0.39, 0.29) is 10.8 Å². The first kappa shape index (κ1) is 11.4. The zero-order valence-corrected chi connectivity index (χ0v) is 10.4. The highest BCUT2D eigenvalue weighted by molar-refractivity contribution is 6.28. The van der Waals surface area contributed by atoms with Crippen LogP contribution >= 0.6 is 11.6 Å². The molecule has 0 aliphatic carbocycles. The first-order chi connectivity index (χ1) is 8.72. The zero-order chi connectivity index (χ0) is 12.5. The highest BCUT2D eigenvalue weighted by Gasteiger charge is 2.23. The van der Waals surface area contributed by atoms with Crippen molar-refractivity contribution in [1.29, 1.82) is 0 Å². The van der Waals surface area contributed by atoms with E-state index >= 15 is 0 Å². The number of hydrogen-bond acceptors (Lipinski definition) is 3. The lowest BCUT2D eigenvalue weighted by molar-refractivity contribution is 0.273. The number of rotatable bonds is 2. The normalized spacial score (nSPS) is 14.7. The van der Waals surface area contributed by atoms with Gasteiger partial charge in [0, 0.05) is 19.6 Å². The lowest BCUT2D eigenvalue weighted by Crippen LogP contribution is -2.18. The number of nitrogens with one attached hydrogen (secondary N) is 1. The van der Waals surface area contributed by atoms with Crippen molar-refractivity contribution in [3.63, 3.8) is 0 Å². The van der Waals surface area contributed by atoms with E-state index in [1.54, 1.807) is 0 Å². The predicted molar refractivity (Wildman–Crippen MR) is 69.3 cm³/mol. The van der Waals surface area contributed by atoms with Gasteiger partial charge in [0.2, 0.25) is 5.28 Å². The van der Waals surface area contributed by atoms with Crippen molar-refractivity contribution >= 4 is 11.6 Å². The fraction of sp³-hybridized carbons (Fsp3) is 0.231. The van der Waals surface area contributed by atoms with Gasteiger partial charge in [-0.05, 0) is 17.2 Å². The molecular weight excluding hydrogens is 250 g/mol. The molecule has 0 unspecified atom stereocenters. The monoisotopic (exact) mass is 261 g/mol. The average Bonchev–Trinajstić information content (AvgIpc) is 2.73. The summed E-state index contributed by atoms with van der Waals surface area (Å²) >= 11 is 5.75. The Kier molecular flexibility index (Phi) is 2.89. The summed E-state index contributed by atoms with van der Waals surface area (Å²) in [5, 5.41) is 0.167. The maximum atomic E-state index is 11.7. The van der Waals surface area contributed by atoms with Gasteiger partial charge in [-0.2, -0.15) is 0 Å². The van der Waals surface area contributed by atoms with Crippen LogP contribution in [-0.2, 0) is 19.6 Å². The van der Waals surface area contributed by atoms with Gasteiger partial charge in [-0.1, -0.05) is 30.3 Å².